The Morgan fingerprint density at radius 2 is 1.71 bits per heavy atom. The summed E-state index contributed by atoms with van der Waals surface area (Å²) in [5.74, 6) is 0.518. The van der Waals surface area contributed by atoms with Crippen molar-refractivity contribution in [2.24, 2.45) is 0 Å². The maximum atomic E-state index is 13.0. The minimum absolute atomic E-state index is 0.174. The van der Waals surface area contributed by atoms with E-state index in [9.17, 15) is 9.18 Å². The molecule has 1 aliphatic heterocycles. The number of carbonyl (C=O) groups excluding carboxylic acids is 1. The third-order valence-corrected chi connectivity index (χ3v) is 4.96. The first kappa shape index (κ1) is 18.5. The van der Waals surface area contributed by atoms with Crippen LogP contribution in [0, 0.1) is 5.82 Å². The second-order valence-corrected chi connectivity index (χ2v) is 6.95. The second-order valence-electron chi connectivity index (χ2n) is 6.14. The summed E-state index contributed by atoms with van der Waals surface area (Å²) >= 11 is 12.3. The monoisotopic (exact) mass is 414 g/mol. The first-order valence-corrected chi connectivity index (χ1v) is 9.16. The van der Waals surface area contributed by atoms with Crippen molar-refractivity contribution in [3.63, 3.8) is 0 Å². The quantitative estimate of drug-likeness (QED) is 0.468. The van der Waals surface area contributed by atoms with Crippen molar-refractivity contribution in [2.45, 2.75) is 6.61 Å². The zero-order valence-corrected chi connectivity index (χ0v) is 15.9. The molecule has 3 nitrogen and oxygen atoms in total. The molecule has 6 heteroatoms. The van der Waals surface area contributed by atoms with Crippen LogP contribution in [0.25, 0.3) is 6.08 Å². The highest BCUT2D eigenvalue weighted by Crippen LogP contribution is 2.35. The van der Waals surface area contributed by atoms with E-state index in [1.54, 1.807) is 54.6 Å². The molecule has 0 radical (unpaired) electrons. The SMILES string of the molecule is O=C1C(=Cc2ccc(F)cc2)Oc2cc(OCc3c(Cl)cccc3Cl)ccc21. The summed E-state index contributed by atoms with van der Waals surface area (Å²) in [4.78, 5) is 12.5. The molecule has 0 N–H and O–H groups in total. The molecule has 0 fully saturated rings. The van der Waals surface area contributed by atoms with Crippen LogP contribution in [0.5, 0.6) is 11.5 Å². The number of carbonyl (C=O) groups is 1. The Hall–Kier alpha value is -2.82. The summed E-state index contributed by atoms with van der Waals surface area (Å²) in [7, 11) is 0. The van der Waals surface area contributed by atoms with Gasteiger partial charge < -0.3 is 9.47 Å². The van der Waals surface area contributed by atoms with E-state index in [1.165, 1.54) is 12.1 Å². The van der Waals surface area contributed by atoms with Crippen LogP contribution in [-0.4, -0.2) is 5.78 Å². The molecule has 0 atom stereocenters. The van der Waals surface area contributed by atoms with E-state index in [-0.39, 0.29) is 24.0 Å². The van der Waals surface area contributed by atoms with Crippen LogP contribution in [0.1, 0.15) is 21.5 Å². The fourth-order valence-electron chi connectivity index (χ4n) is 2.79. The third-order valence-electron chi connectivity index (χ3n) is 4.25. The predicted octanol–water partition coefficient (Wildman–Crippen LogP) is 6.33. The summed E-state index contributed by atoms with van der Waals surface area (Å²) in [6.07, 6.45) is 1.58. The molecule has 0 aromatic heterocycles. The molecular formula is C22H13Cl2FO3. The number of rotatable bonds is 4. The lowest BCUT2D eigenvalue weighted by molar-refractivity contribution is 0.101. The van der Waals surface area contributed by atoms with Gasteiger partial charge in [-0.15, -0.1) is 0 Å². The molecule has 0 saturated heterocycles. The smallest absolute Gasteiger partial charge is 0.231 e. The van der Waals surface area contributed by atoms with Gasteiger partial charge in [0.2, 0.25) is 5.78 Å². The van der Waals surface area contributed by atoms with Crippen molar-refractivity contribution in [3.05, 3.63) is 99.0 Å². The van der Waals surface area contributed by atoms with Gasteiger partial charge in [0.15, 0.2) is 5.76 Å². The number of benzene rings is 3. The van der Waals surface area contributed by atoms with E-state index in [1.807, 2.05) is 0 Å². The van der Waals surface area contributed by atoms with Crippen LogP contribution >= 0.6 is 23.2 Å². The van der Waals surface area contributed by atoms with Gasteiger partial charge in [-0.25, -0.2) is 4.39 Å². The van der Waals surface area contributed by atoms with E-state index < -0.39 is 0 Å². The Morgan fingerprint density at radius 1 is 1.00 bits per heavy atom. The summed E-state index contributed by atoms with van der Waals surface area (Å²) in [5, 5.41) is 1.04. The average Bonchev–Trinajstić information content (AvgIpc) is 2.98. The molecule has 140 valence electrons. The van der Waals surface area contributed by atoms with Gasteiger partial charge in [-0.05, 0) is 48.0 Å². The maximum Gasteiger partial charge on any atom is 0.231 e. The molecule has 0 unspecified atom stereocenters. The van der Waals surface area contributed by atoms with Crippen molar-refractivity contribution in [2.75, 3.05) is 0 Å². The van der Waals surface area contributed by atoms with Crippen molar-refractivity contribution in [1.82, 2.24) is 0 Å². The van der Waals surface area contributed by atoms with Crippen LogP contribution < -0.4 is 9.47 Å². The summed E-state index contributed by atoms with van der Waals surface area (Å²) in [5.41, 5.74) is 1.79. The number of halogens is 3. The molecule has 3 aromatic rings. The minimum atomic E-state index is -0.343. The van der Waals surface area contributed by atoms with Gasteiger partial charge in [-0.2, -0.15) is 0 Å². The first-order valence-electron chi connectivity index (χ1n) is 8.41. The van der Waals surface area contributed by atoms with Crippen molar-refractivity contribution >= 4 is 35.1 Å². The lowest BCUT2D eigenvalue weighted by Crippen LogP contribution is -1.98. The number of Topliss-reactive ketones (excluding diaryl/α,β-unsaturated/α-hetero) is 1. The molecular weight excluding hydrogens is 402 g/mol. The normalized spacial score (nSPS) is 14.1. The largest absolute Gasteiger partial charge is 0.489 e. The van der Waals surface area contributed by atoms with Crippen LogP contribution in [0.4, 0.5) is 4.39 Å². The van der Waals surface area contributed by atoms with E-state index >= 15 is 0 Å². The Bertz CT molecular complexity index is 1070. The maximum absolute atomic E-state index is 13.0. The van der Waals surface area contributed by atoms with E-state index in [0.717, 1.165) is 0 Å². The van der Waals surface area contributed by atoms with Crippen molar-refractivity contribution in [1.29, 1.82) is 0 Å². The molecule has 0 aliphatic carbocycles. The van der Waals surface area contributed by atoms with Crippen LogP contribution in [0.3, 0.4) is 0 Å². The molecule has 4 rings (SSSR count). The van der Waals surface area contributed by atoms with E-state index in [0.29, 0.717) is 38.2 Å². The fourth-order valence-corrected chi connectivity index (χ4v) is 3.30. The number of ether oxygens (including phenoxy) is 2. The lowest BCUT2D eigenvalue weighted by atomic mass is 10.1. The van der Waals surface area contributed by atoms with Gasteiger partial charge >= 0.3 is 0 Å². The van der Waals surface area contributed by atoms with Crippen LogP contribution in [-0.2, 0) is 6.61 Å². The van der Waals surface area contributed by atoms with E-state index in [2.05, 4.69) is 0 Å². The first-order chi connectivity index (χ1) is 13.5. The highest BCUT2D eigenvalue weighted by atomic mass is 35.5. The topological polar surface area (TPSA) is 35.5 Å². The number of allylic oxidation sites excluding steroid dienone is 1. The second kappa shape index (κ2) is 7.66. The highest BCUT2D eigenvalue weighted by molar-refractivity contribution is 6.35. The van der Waals surface area contributed by atoms with Crippen molar-refractivity contribution in [3.8, 4) is 11.5 Å². The Labute approximate surface area is 170 Å². The number of ketones is 1. The zero-order chi connectivity index (χ0) is 19.7. The fraction of sp³-hybridized carbons (Fsp3) is 0.0455. The lowest BCUT2D eigenvalue weighted by Gasteiger charge is -2.10. The average molecular weight is 415 g/mol. The number of fused-ring (bicyclic) bond motifs is 1. The van der Waals surface area contributed by atoms with Gasteiger partial charge in [-0.3, -0.25) is 4.79 Å². The molecule has 0 spiro atoms. The molecule has 0 amide bonds. The molecule has 1 heterocycles. The van der Waals surface area contributed by atoms with Crippen molar-refractivity contribution < 1.29 is 18.7 Å². The third kappa shape index (κ3) is 3.75. The number of hydrogen-bond donors (Lipinski definition) is 0. The Morgan fingerprint density at radius 3 is 2.43 bits per heavy atom. The molecule has 0 saturated carbocycles. The molecule has 28 heavy (non-hydrogen) atoms. The zero-order valence-electron chi connectivity index (χ0n) is 14.4. The van der Waals surface area contributed by atoms with Gasteiger partial charge in [0.05, 0.1) is 5.56 Å². The molecule has 1 aliphatic rings. The Balaban J connectivity index is 1.53. The summed E-state index contributed by atoms with van der Waals surface area (Å²) < 4.78 is 24.5. The molecule has 3 aromatic carbocycles. The predicted molar refractivity (Wildman–Crippen MR) is 107 cm³/mol. The molecule has 0 bridgehead atoms. The van der Waals surface area contributed by atoms with Gasteiger partial charge in [0.1, 0.15) is 23.9 Å². The number of hydrogen-bond acceptors (Lipinski definition) is 3. The van der Waals surface area contributed by atoms with Gasteiger partial charge in [-0.1, -0.05) is 41.4 Å². The van der Waals surface area contributed by atoms with Crippen LogP contribution in [0.15, 0.2) is 66.4 Å². The Kier molecular flexibility index (Phi) is 5.07. The van der Waals surface area contributed by atoms with E-state index in [4.69, 9.17) is 32.7 Å². The van der Waals surface area contributed by atoms with Crippen LogP contribution in [0.2, 0.25) is 10.0 Å². The van der Waals surface area contributed by atoms with Gasteiger partial charge in [0.25, 0.3) is 0 Å². The summed E-state index contributed by atoms with van der Waals surface area (Å²) in [6.45, 7) is 0.184. The standard InChI is InChI=1S/C22H13Cl2FO3/c23-18-2-1-3-19(24)17(18)12-27-15-8-9-16-20(11-15)28-21(22(16)26)10-13-4-6-14(25)7-5-13/h1-11H,12H2. The highest BCUT2D eigenvalue weighted by Gasteiger charge is 2.27. The minimum Gasteiger partial charge on any atom is -0.489 e. The van der Waals surface area contributed by atoms with Gasteiger partial charge in [0, 0.05) is 21.7 Å². The summed E-state index contributed by atoms with van der Waals surface area (Å²) in [6, 6.07) is 16.0.